The van der Waals surface area contributed by atoms with Gasteiger partial charge in [0, 0.05) is 18.1 Å². The minimum atomic E-state index is -0.637. The van der Waals surface area contributed by atoms with Crippen molar-refractivity contribution >= 4 is 35.0 Å². The summed E-state index contributed by atoms with van der Waals surface area (Å²) < 4.78 is 5.55. The molecule has 0 saturated carbocycles. The standard InChI is InChI=1S/C20H22Cl2N2O3/c1-3-23-20(26)14(2)24(12-15-7-5-4-6-8-15)19(25)13-27-18-10-9-16(21)11-17(18)22/h4-11,14H,3,12-13H2,1-2H3,(H,23,26)/t14-/m0/s1. The van der Waals surface area contributed by atoms with Crippen molar-refractivity contribution in [1.29, 1.82) is 0 Å². The Morgan fingerprint density at radius 2 is 1.85 bits per heavy atom. The second kappa shape index (κ2) is 10.2. The molecule has 2 aromatic rings. The maximum absolute atomic E-state index is 12.8. The van der Waals surface area contributed by atoms with Gasteiger partial charge in [-0.05, 0) is 37.6 Å². The minimum absolute atomic E-state index is 0.216. The third kappa shape index (κ3) is 6.15. The van der Waals surface area contributed by atoms with Gasteiger partial charge in [-0.25, -0.2) is 0 Å². The summed E-state index contributed by atoms with van der Waals surface area (Å²) in [5.74, 6) is -0.172. The normalized spacial score (nSPS) is 11.6. The number of nitrogens with one attached hydrogen (secondary N) is 1. The lowest BCUT2D eigenvalue weighted by Gasteiger charge is -2.28. The summed E-state index contributed by atoms with van der Waals surface area (Å²) in [5.41, 5.74) is 0.923. The number of likely N-dealkylation sites (N-methyl/N-ethyl adjacent to an activating group) is 1. The lowest BCUT2D eigenvalue weighted by Crippen LogP contribution is -2.49. The van der Waals surface area contributed by atoms with Gasteiger partial charge in [0.25, 0.3) is 5.91 Å². The number of rotatable bonds is 8. The molecule has 0 bridgehead atoms. The average Bonchev–Trinajstić information content (AvgIpc) is 2.65. The van der Waals surface area contributed by atoms with E-state index in [1.54, 1.807) is 25.1 Å². The molecule has 2 amide bonds. The van der Waals surface area contributed by atoms with E-state index in [4.69, 9.17) is 27.9 Å². The van der Waals surface area contributed by atoms with Crippen molar-refractivity contribution in [3.63, 3.8) is 0 Å². The third-order valence-corrected chi connectivity index (χ3v) is 4.49. The van der Waals surface area contributed by atoms with Gasteiger partial charge < -0.3 is 15.0 Å². The fraction of sp³-hybridized carbons (Fsp3) is 0.300. The summed E-state index contributed by atoms with van der Waals surface area (Å²) in [5, 5.41) is 3.55. The smallest absolute Gasteiger partial charge is 0.261 e. The topological polar surface area (TPSA) is 58.6 Å². The van der Waals surface area contributed by atoms with Crippen molar-refractivity contribution in [3.05, 3.63) is 64.1 Å². The van der Waals surface area contributed by atoms with Gasteiger partial charge in [0.15, 0.2) is 6.61 Å². The van der Waals surface area contributed by atoms with E-state index in [0.29, 0.717) is 28.9 Å². The van der Waals surface area contributed by atoms with Crippen LogP contribution in [0.4, 0.5) is 0 Å². The maximum atomic E-state index is 12.8. The minimum Gasteiger partial charge on any atom is -0.482 e. The molecule has 144 valence electrons. The highest BCUT2D eigenvalue weighted by Gasteiger charge is 2.26. The third-order valence-electron chi connectivity index (χ3n) is 3.96. The van der Waals surface area contributed by atoms with Gasteiger partial charge in [0.1, 0.15) is 11.8 Å². The molecular weight excluding hydrogens is 387 g/mol. The van der Waals surface area contributed by atoms with Crippen LogP contribution in [0.2, 0.25) is 10.0 Å². The zero-order valence-electron chi connectivity index (χ0n) is 15.2. The number of carbonyl (C=O) groups excluding carboxylic acids is 2. The Morgan fingerprint density at radius 3 is 2.48 bits per heavy atom. The molecular formula is C20H22Cl2N2O3. The summed E-state index contributed by atoms with van der Waals surface area (Å²) in [6, 6.07) is 13.6. The molecule has 0 aliphatic heterocycles. The van der Waals surface area contributed by atoms with Gasteiger partial charge in [-0.15, -0.1) is 0 Å². The predicted octanol–water partition coefficient (Wildman–Crippen LogP) is 3.93. The quantitative estimate of drug-likeness (QED) is 0.719. The monoisotopic (exact) mass is 408 g/mol. The van der Waals surface area contributed by atoms with Crippen LogP contribution in [0.1, 0.15) is 19.4 Å². The molecule has 0 unspecified atom stereocenters. The van der Waals surface area contributed by atoms with Gasteiger partial charge in [-0.3, -0.25) is 9.59 Å². The van der Waals surface area contributed by atoms with Crippen LogP contribution < -0.4 is 10.1 Å². The molecule has 2 rings (SSSR count). The Kier molecular flexibility index (Phi) is 7.95. The number of nitrogens with zero attached hydrogens (tertiary/aromatic N) is 1. The Bertz CT molecular complexity index is 784. The lowest BCUT2D eigenvalue weighted by atomic mass is 10.1. The molecule has 1 N–H and O–H groups in total. The molecule has 0 aliphatic carbocycles. The summed E-state index contributed by atoms with van der Waals surface area (Å²) in [7, 11) is 0. The Labute approximate surface area is 169 Å². The Hall–Kier alpha value is -2.24. The van der Waals surface area contributed by atoms with Crippen LogP contribution in [-0.2, 0) is 16.1 Å². The van der Waals surface area contributed by atoms with Crippen LogP contribution in [0.15, 0.2) is 48.5 Å². The van der Waals surface area contributed by atoms with Crippen molar-refractivity contribution in [2.45, 2.75) is 26.4 Å². The van der Waals surface area contributed by atoms with Gasteiger partial charge in [0.2, 0.25) is 5.91 Å². The molecule has 7 heteroatoms. The van der Waals surface area contributed by atoms with Crippen LogP contribution in [0.5, 0.6) is 5.75 Å². The molecule has 5 nitrogen and oxygen atoms in total. The van der Waals surface area contributed by atoms with Crippen LogP contribution in [0.3, 0.4) is 0 Å². The molecule has 0 fully saturated rings. The first-order chi connectivity index (χ1) is 12.9. The fourth-order valence-electron chi connectivity index (χ4n) is 2.50. The second-order valence-electron chi connectivity index (χ2n) is 5.94. The van der Waals surface area contributed by atoms with Gasteiger partial charge >= 0.3 is 0 Å². The highest BCUT2D eigenvalue weighted by atomic mass is 35.5. The van der Waals surface area contributed by atoms with E-state index in [1.165, 1.54) is 4.90 Å². The number of halogens is 2. The summed E-state index contributed by atoms with van der Waals surface area (Å²) in [6.45, 7) is 4.09. The summed E-state index contributed by atoms with van der Waals surface area (Å²) in [6.07, 6.45) is 0. The fourth-order valence-corrected chi connectivity index (χ4v) is 2.96. The number of benzene rings is 2. The van der Waals surface area contributed by atoms with Crippen molar-refractivity contribution in [3.8, 4) is 5.75 Å². The molecule has 0 spiro atoms. The molecule has 27 heavy (non-hydrogen) atoms. The molecule has 0 heterocycles. The summed E-state index contributed by atoms with van der Waals surface area (Å²) >= 11 is 11.9. The van der Waals surface area contributed by atoms with E-state index in [2.05, 4.69) is 5.32 Å². The van der Waals surface area contributed by atoms with Crippen LogP contribution in [-0.4, -0.2) is 35.9 Å². The molecule has 0 aliphatic rings. The van der Waals surface area contributed by atoms with Crippen LogP contribution >= 0.6 is 23.2 Å². The first kappa shape index (κ1) is 21.1. The van der Waals surface area contributed by atoms with Crippen molar-refractivity contribution in [2.75, 3.05) is 13.2 Å². The highest BCUT2D eigenvalue weighted by Crippen LogP contribution is 2.27. The van der Waals surface area contributed by atoms with E-state index in [0.717, 1.165) is 5.56 Å². The van der Waals surface area contributed by atoms with Crippen molar-refractivity contribution < 1.29 is 14.3 Å². The van der Waals surface area contributed by atoms with E-state index in [1.807, 2.05) is 37.3 Å². The van der Waals surface area contributed by atoms with E-state index < -0.39 is 6.04 Å². The molecule has 2 aromatic carbocycles. The van der Waals surface area contributed by atoms with Crippen molar-refractivity contribution in [1.82, 2.24) is 10.2 Å². The Morgan fingerprint density at radius 1 is 1.15 bits per heavy atom. The van der Waals surface area contributed by atoms with Gasteiger partial charge in [-0.2, -0.15) is 0 Å². The molecule has 0 aromatic heterocycles. The Balaban J connectivity index is 2.13. The van der Waals surface area contributed by atoms with E-state index in [-0.39, 0.29) is 18.4 Å². The number of carbonyl (C=O) groups is 2. The van der Waals surface area contributed by atoms with Crippen LogP contribution in [0.25, 0.3) is 0 Å². The van der Waals surface area contributed by atoms with E-state index in [9.17, 15) is 9.59 Å². The zero-order chi connectivity index (χ0) is 19.8. The summed E-state index contributed by atoms with van der Waals surface area (Å²) in [4.78, 5) is 26.6. The first-order valence-corrected chi connectivity index (χ1v) is 9.37. The number of ether oxygens (including phenoxy) is 1. The largest absolute Gasteiger partial charge is 0.482 e. The highest BCUT2D eigenvalue weighted by molar-refractivity contribution is 6.35. The first-order valence-electron chi connectivity index (χ1n) is 8.61. The molecule has 1 atom stereocenters. The predicted molar refractivity (Wildman–Crippen MR) is 107 cm³/mol. The maximum Gasteiger partial charge on any atom is 0.261 e. The second-order valence-corrected chi connectivity index (χ2v) is 6.78. The lowest BCUT2D eigenvalue weighted by molar-refractivity contribution is -0.142. The van der Waals surface area contributed by atoms with Crippen LogP contribution in [0, 0.1) is 0 Å². The zero-order valence-corrected chi connectivity index (χ0v) is 16.8. The number of hydrogen-bond donors (Lipinski definition) is 1. The number of amides is 2. The molecule has 0 radical (unpaired) electrons. The van der Waals surface area contributed by atoms with E-state index >= 15 is 0 Å². The van der Waals surface area contributed by atoms with Gasteiger partial charge in [-0.1, -0.05) is 53.5 Å². The van der Waals surface area contributed by atoms with Gasteiger partial charge in [0.05, 0.1) is 5.02 Å². The SMILES string of the molecule is CCNC(=O)[C@H](C)N(Cc1ccccc1)C(=O)COc1ccc(Cl)cc1Cl. The average molecular weight is 409 g/mol. The number of hydrogen-bond acceptors (Lipinski definition) is 3. The molecule has 0 saturated heterocycles. The van der Waals surface area contributed by atoms with Crippen molar-refractivity contribution in [2.24, 2.45) is 0 Å².